The predicted molar refractivity (Wildman–Crippen MR) is 84.9 cm³/mol. The number of nitrogens with one attached hydrogen (secondary N) is 2. The number of hydrogen-bond acceptors (Lipinski definition) is 5. The van der Waals surface area contributed by atoms with Crippen LogP contribution < -0.4 is 16.4 Å². The minimum atomic E-state index is 0.324. The zero-order valence-corrected chi connectivity index (χ0v) is 12.9. The molecule has 1 heterocycles. The molecule has 1 fully saturated rings. The van der Waals surface area contributed by atoms with Crippen LogP contribution in [0.5, 0.6) is 0 Å². The third-order valence-corrected chi connectivity index (χ3v) is 3.99. The first-order valence-corrected chi connectivity index (χ1v) is 7.63. The number of aromatic nitrogens is 2. The quantitative estimate of drug-likeness (QED) is 0.770. The van der Waals surface area contributed by atoms with Crippen molar-refractivity contribution >= 4 is 17.6 Å². The van der Waals surface area contributed by atoms with Crippen LogP contribution in [0.15, 0.2) is 6.07 Å². The molecule has 20 heavy (non-hydrogen) atoms. The Morgan fingerprint density at radius 1 is 1.25 bits per heavy atom. The first-order valence-electron chi connectivity index (χ1n) is 7.63. The maximum absolute atomic E-state index is 5.78. The van der Waals surface area contributed by atoms with Crippen LogP contribution in [0.1, 0.15) is 52.9 Å². The van der Waals surface area contributed by atoms with E-state index in [4.69, 9.17) is 5.73 Å². The van der Waals surface area contributed by atoms with E-state index < -0.39 is 0 Å². The van der Waals surface area contributed by atoms with Crippen LogP contribution in [0.3, 0.4) is 0 Å². The first kappa shape index (κ1) is 14.9. The molecule has 0 unspecified atom stereocenters. The van der Waals surface area contributed by atoms with E-state index in [1.54, 1.807) is 0 Å². The van der Waals surface area contributed by atoms with Crippen molar-refractivity contribution in [1.82, 2.24) is 9.97 Å². The van der Waals surface area contributed by atoms with E-state index in [0.29, 0.717) is 17.4 Å². The van der Waals surface area contributed by atoms with Crippen molar-refractivity contribution in [3.05, 3.63) is 6.07 Å². The summed E-state index contributed by atoms with van der Waals surface area (Å²) in [5, 5.41) is 6.76. The third kappa shape index (κ3) is 4.25. The van der Waals surface area contributed by atoms with Gasteiger partial charge in [0.05, 0.1) is 0 Å². The van der Waals surface area contributed by atoms with Crippen molar-refractivity contribution in [3.8, 4) is 0 Å². The molecule has 1 aromatic rings. The summed E-state index contributed by atoms with van der Waals surface area (Å²) in [6.07, 6.45) is 5.95. The largest absolute Gasteiger partial charge is 0.370 e. The second kappa shape index (κ2) is 6.29. The molecule has 1 aliphatic carbocycles. The van der Waals surface area contributed by atoms with Gasteiger partial charge in [0.25, 0.3) is 0 Å². The van der Waals surface area contributed by atoms with Gasteiger partial charge in [0, 0.05) is 18.7 Å². The molecule has 0 amide bonds. The SMILES string of the molecule is CCCNc1cc(NC2CCC(C)(C)CC2)nc(N)n1. The Labute approximate surface area is 121 Å². The van der Waals surface area contributed by atoms with Crippen LogP contribution in [-0.4, -0.2) is 22.6 Å². The summed E-state index contributed by atoms with van der Waals surface area (Å²) in [6.45, 7) is 7.71. The highest BCUT2D eigenvalue weighted by Crippen LogP contribution is 2.36. The van der Waals surface area contributed by atoms with E-state index in [9.17, 15) is 0 Å². The van der Waals surface area contributed by atoms with Gasteiger partial charge in [-0.25, -0.2) is 0 Å². The van der Waals surface area contributed by atoms with Gasteiger partial charge in [-0.2, -0.15) is 9.97 Å². The zero-order chi connectivity index (χ0) is 14.6. The standard InChI is InChI=1S/C15H27N5/c1-4-9-17-12-10-13(20-14(16)19-12)18-11-5-7-15(2,3)8-6-11/h10-11H,4-9H2,1-3H3,(H4,16,17,18,19,20). The molecule has 1 aliphatic rings. The van der Waals surface area contributed by atoms with Gasteiger partial charge in [-0.1, -0.05) is 20.8 Å². The average Bonchev–Trinajstić information content (AvgIpc) is 2.38. The van der Waals surface area contributed by atoms with E-state index in [2.05, 4.69) is 41.4 Å². The fraction of sp³-hybridized carbons (Fsp3) is 0.733. The van der Waals surface area contributed by atoms with Crippen LogP contribution in [0.4, 0.5) is 17.6 Å². The molecular weight excluding hydrogens is 250 g/mol. The molecular formula is C15H27N5. The van der Waals surface area contributed by atoms with E-state index in [1.165, 1.54) is 25.7 Å². The lowest BCUT2D eigenvalue weighted by molar-refractivity contribution is 0.232. The molecule has 4 N–H and O–H groups in total. The van der Waals surface area contributed by atoms with Crippen LogP contribution >= 0.6 is 0 Å². The normalized spacial score (nSPS) is 18.8. The molecule has 0 bridgehead atoms. The fourth-order valence-electron chi connectivity index (χ4n) is 2.64. The van der Waals surface area contributed by atoms with Crippen molar-refractivity contribution in [2.24, 2.45) is 5.41 Å². The fourth-order valence-corrected chi connectivity index (χ4v) is 2.64. The summed E-state index contributed by atoms with van der Waals surface area (Å²) in [6, 6.07) is 2.45. The second-order valence-corrected chi connectivity index (χ2v) is 6.51. The minimum absolute atomic E-state index is 0.324. The smallest absolute Gasteiger partial charge is 0.223 e. The van der Waals surface area contributed by atoms with Gasteiger partial charge in [0.2, 0.25) is 5.95 Å². The Hall–Kier alpha value is -1.52. The molecule has 5 nitrogen and oxygen atoms in total. The van der Waals surface area contributed by atoms with Crippen LogP contribution in [0, 0.1) is 5.41 Å². The van der Waals surface area contributed by atoms with Crippen molar-refractivity contribution in [1.29, 1.82) is 0 Å². The Morgan fingerprint density at radius 3 is 2.55 bits per heavy atom. The molecule has 0 spiro atoms. The Balaban J connectivity index is 1.97. The van der Waals surface area contributed by atoms with Gasteiger partial charge in [0.1, 0.15) is 11.6 Å². The summed E-state index contributed by atoms with van der Waals surface area (Å²) in [5.41, 5.74) is 6.26. The molecule has 0 atom stereocenters. The van der Waals surface area contributed by atoms with E-state index in [-0.39, 0.29) is 0 Å². The summed E-state index contributed by atoms with van der Waals surface area (Å²) in [4.78, 5) is 8.49. The number of nitrogens with two attached hydrogens (primary N) is 1. The molecule has 0 aromatic carbocycles. The summed E-state index contributed by atoms with van der Waals surface area (Å²) >= 11 is 0. The maximum Gasteiger partial charge on any atom is 0.223 e. The van der Waals surface area contributed by atoms with Gasteiger partial charge >= 0.3 is 0 Å². The first-order chi connectivity index (χ1) is 9.48. The number of hydrogen-bond donors (Lipinski definition) is 3. The van der Waals surface area contributed by atoms with E-state index in [1.807, 2.05) is 6.07 Å². The molecule has 2 rings (SSSR count). The lowest BCUT2D eigenvalue weighted by Crippen LogP contribution is -2.30. The maximum atomic E-state index is 5.78. The molecule has 112 valence electrons. The van der Waals surface area contributed by atoms with Crippen LogP contribution in [0.25, 0.3) is 0 Å². The molecule has 5 heteroatoms. The van der Waals surface area contributed by atoms with Gasteiger partial charge in [-0.15, -0.1) is 0 Å². The molecule has 0 saturated heterocycles. The van der Waals surface area contributed by atoms with Crippen LogP contribution in [0.2, 0.25) is 0 Å². The van der Waals surface area contributed by atoms with Crippen molar-refractivity contribution in [2.75, 3.05) is 22.9 Å². The topological polar surface area (TPSA) is 75.9 Å². The Morgan fingerprint density at radius 2 is 1.90 bits per heavy atom. The summed E-state index contributed by atoms with van der Waals surface area (Å²) < 4.78 is 0. The number of anilines is 3. The monoisotopic (exact) mass is 277 g/mol. The number of rotatable bonds is 5. The van der Waals surface area contributed by atoms with E-state index in [0.717, 1.165) is 24.6 Å². The highest BCUT2D eigenvalue weighted by Gasteiger charge is 2.26. The zero-order valence-electron chi connectivity index (χ0n) is 12.9. The van der Waals surface area contributed by atoms with Gasteiger partial charge < -0.3 is 16.4 Å². The van der Waals surface area contributed by atoms with Crippen molar-refractivity contribution < 1.29 is 0 Å². The predicted octanol–water partition coefficient (Wildman–Crippen LogP) is 3.26. The van der Waals surface area contributed by atoms with Crippen LogP contribution in [-0.2, 0) is 0 Å². The van der Waals surface area contributed by atoms with E-state index >= 15 is 0 Å². The van der Waals surface area contributed by atoms with Crippen molar-refractivity contribution in [3.63, 3.8) is 0 Å². The lowest BCUT2D eigenvalue weighted by atomic mass is 9.75. The molecule has 1 saturated carbocycles. The molecule has 0 aliphatic heterocycles. The summed E-state index contributed by atoms with van der Waals surface area (Å²) in [5.74, 6) is 1.96. The molecule has 1 aromatic heterocycles. The minimum Gasteiger partial charge on any atom is -0.370 e. The number of nitrogen functional groups attached to an aromatic ring is 1. The third-order valence-electron chi connectivity index (χ3n) is 3.99. The van der Waals surface area contributed by atoms with Crippen molar-refractivity contribution in [2.45, 2.75) is 58.9 Å². The second-order valence-electron chi connectivity index (χ2n) is 6.51. The molecule has 0 radical (unpaired) electrons. The average molecular weight is 277 g/mol. The van der Waals surface area contributed by atoms with Gasteiger partial charge in [-0.05, 0) is 37.5 Å². The lowest BCUT2D eigenvalue weighted by Gasteiger charge is -2.34. The highest BCUT2D eigenvalue weighted by atomic mass is 15.1. The Bertz CT molecular complexity index is 434. The Kier molecular flexibility index (Phi) is 4.68. The number of nitrogens with zero attached hydrogens (tertiary/aromatic N) is 2. The van der Waals surface area contributed by atoms with Gasteiger partial charge in [-0.3, -0.25) is 0 Å². The highest BCUT2D eigenvalue weighted by molar-refractivity contribution is 5.51. The summed E-state index contributed by atoms with van der Waals surface area (Å²) in [7, 11) is 0. The van der Waals surface area contributed by atoms with Gasteiger partial charge in [0.15, 0.2) is 0 Å².